The highest BCUT2D eigenvalue weighted by atomic mass is 16.5. The molecular weight excluding hydrogens is 256 g/mol. The van der Waals surface area contributed by atoms with Crippen LogP contribution >= 0.6 is 0 Å². The summed E-state index contributed by atoms with van der Waals surface area (Å²) in [7, 11) is 3.18. The lowest BCUT2D eigenvalue weighted by atomic mass is 9.97. The second kappa shape index (κ2) is 6.41. The highest BCUT2D eigenvalue weighted by Gasteiger charge is 2.30. The fraction of sp³-hybridized carbons (Fsp3) is 0.467. The summed E-state index contributed by atoms with van der Waals surface area (Å²) in [6.45, 7) is 1.12. The van der Waals surface area contributed by atoms with E-state index in [9.17, 15) is 9.59 Å². The van der Waals surface area contributed by atoms with Crippen molar-refractivity contribution in [1.82, 2.24) is 4.90 Å². The lowest BCUT2D eigenvalue weighted by molar-refractivity contribution is -0.146. The van der Waals surface area contributed by atoms with Gasteiger partial charge in [0.15, 0.2) is 0 Å². The molecule has 1 N–H and O–H groups in total. The molecule has 1 fully saturated rings. The number of anilines is 1. The van der Waals surface area contributed by atoms with Gasteiger partial charge in [-0.25, -0.2) is 0 Å². The highest BCUT2D eigenvalue weighted by Crippen LogP contribution is 2.22. The maximum absolute atomic E-state index is 12.6. The van der Waals surface area contributed by atoms with Gasteiger partial charge in [0.1, 0.15) is 0 Å². The molecule has 1 atom stereocenters. The van der Waals surface area contributed by atoms with Crippen LogP contribution in [0.5, 0.6) is 0 Å². The number of benzene rings is 1. The molecule has 1 aliphatic heterocycles. The Balaban J connectivity index is 2.14. The van der Waals surface area contributed by atoms with Crippen molar-refractivity contribution in [3.8, 4) is 0 Å². The minimum atomic E-state index is -0.232. The number of hydrogen-bond donors (Lipinski definition) is 1. The van der Waals surface area contributed by atoms with Gasteiger partial charge in [-0.05, 0) is 25.0 Å². The number of nitrogens with one attached hydrogen (secondary N) is 1. The zero-order valence-corrected chi connectivity index (χ0v) is 11.9. The summed E-state index contributed by atoms with van der Waals surface area (Å²) in [5.41, 5.74) is 1.44. The average Bonchev–Trinajstić information content (AvgIpc) is 2.53. The van der Waals surface area contributed by atoms with E-state index in [1.807, 2.05) is 18.2 Å². The SMILES string of the molecule is CNc1ccccc1C(=O)N1CCCC(C(=O)OC)C1. The zero-order chi connectivity index (χ0) is 14.5. The van der Waals surface area contributed by atoms with Crippen molar-refractivity contribution in [2.75, 3.05) is 32.6 Å². The van der Waals surface area contributed by atoms with Crippen molar-refractivity contribution in [3.63, 3.8) is 0 Å². The van der Waals surface area contributed by atoms with Gasteiger partial charge in [0.2, 0.25) is 0 Å². The minimum Gasteiger partial charge on any atom is -0.469 e. The van der Waals surface area contributed by atoms with Crippen LogP contribution in [0.25, 0.3) is 0 Å². The molecule has 5 heteroatoms. The number of hydrogen-bond acceptors (Lipinski definition) is 4. The molecule has 108 valence electrons. The third-order valence-corrected chi connectivity index (χ3v) is 3.67. The van der Waals surface area contributed by atoms with E-state index in [0.717, 1.165) is 18.5 Å². The summed E-state index contributed by atoms with van der Waals surface area (Å²) < 4.78 is 4.78. The van der Waals surface area contributed by atoms with E-state index in [4.69, 9.17) is 4.74 Å². The molecule has 1 aromatic carbocycles. The van der Waals surface area contributed by atoms with Crippen LogP contribution in [0.4, 0.5) is 5.69 Å². The van der Waals surface area contributed by atoms with Crippen LogP contribution < -0.4 is 5.32 Å². The second-order valence-corrected chi connectivity index (χ2v) is 4.91. The van der Waals surface area contributed by atoms with Crippen LogP contribution in [0.15, 0.2) is 24.3 Å². The van der Waals surface area contributed by atoms with Crippen molar-refractivity contribution >= 4 is 17.6 Å². The van der Waals surface area contributed by atoms with Crippen molar-refractivity contribution in [1.29, 1.82) is 0 Å². The van der Waals surface area contributed by atoms with Gasteiger partial charge in [-0.3, -0.25) is 9.59 Å². The number of carbonyl (C=O) groups is 2. The molecule has 0 radical (unpaired) electrons. The van der Waals surface area contributed by atoms with E-state index in [0.29, 0.717) is 18.7 Å². The number of piperidine rings is 1. The molecule has 2 rings (SSSR count). The predicted molar refractivity (Wildman–Crippen MR) is 76.6 cm³/mol. The van der Waals surface area contributed by atoms with E-state index in [-0.39, 0.29) is 17.8 Å². The number of carbonyl (C=O) groups excluding carboxylic acids is 2. The van der Waals surface area contributed by atoms with Crippen molar-refractivity contribution in [3.05, 3.63) is 29.8 Å². The summed E-state index contributed by atoms with van der Waals surface area (Å²) in [6.07, 6.45) is 1.61. The molecule has 0 spiro atoms. The van der Waals surface area contributed by atoms with Crippen LogP contribution in [-0.2, 0) is 9.53 Å². The van der Waals surface area contributed by atoms with Crippen molar-refractivity contribution < 1.29 is 14.3 Å². The minimum absolute atomic E-state index is 0.0384. The largest absolute Gasteiger partial charge is 0.469 e. The molecule has 1 amide bonds. The number of methoxy groups -OCH3 is 1. The van der Waals surface area contributed by atoms with E-state index >= 15 is 0 Å². The fourth-order valence-electron chi connectivity index (χ4n) is 2.58. The Morgan fingerprint density at radius 1 is 1.35 bits per heavy atom. The Kier molecular flexibility index (Phi) is 4.61. The lowest BCUT2D eigenvalue weighted by Gasteiger charge is -2.31. The second-order valence-electron chi connectivity index (χ2n) is 4.91. The summed E-state index contributed by atoms with van der Waals surface area (Å²) in [6, 6.07) is 7.40. The Bertz CT molecular complexity index is 502. The standard InChI is InChI=1S/C15H20N2O3/c1-16-13-8-4-3-7-12(13)14(18)17-9-5-6-11(10-17)15(19)20-2/h3-4,7-8,11,16H,5-6,9-10H2,1-2H3. The molecule has 0 aliphatic carbocycles. The molecule has 0 saturated carbocycles. The number of rotatable bonds is 3. The van der Waals surface area contributed by atoms with E-state index in [1.54, 1.807) is 18.0 Å². The molecule has 1 aromatic rings. The summed E-state index contributed by atoms with van der Waals surface area (Å²) in [5, 5.41) is 3.02. The number of nitrogens with zero attached hydrogens (tertiary/aromatic N) is 1. The van der Waals surface area contributed by atoms with Crippen molar-refractivity contribution in [2.24, 2.45) is 5.92 Å². The first-order valence-corrected chi connectivity index (χ1v) is 6.81. The number of amides is 1. The molecule has 1 heterocycles. The van der Waals surface area contributed by atoms with Gasteiger partial charge in [0.25, 0.3) is 5.91 Å². The van der Waals surface area contributed by atoms with Gasteiger partial charge in [-0.1, -0.05) is 12.1 Å². The predicted octanol–water partition coefficient (Wildman–Crippen LogP) is 1.75. The summed E-state index contributed by atoms with van der Waals surface area (Å²) >= 11 is 0. The average molecular weight is 276 g/mol. The van der Waals surface area contributed by atoms with Crippen LogP contribution in [0.3, 0.4) is 0 Å². The zero-order valence-electron chi connectivity index (χ0n) is 11.9. The van der Waals surface area contributed by atoms with Crippen molar-refractivity contribution in [2.45, 2.75) is 12.8 Å². The van der Waals surface area contributed by atoms with Crippen LogP contribution in [0, 0.1) is 5.92 Å². The van der Waals surface area contributed by atoms with Gasteiger partial charge in [0, 0.05) is 25.8 Å². The first kappa shape index (κ1) is 14.4. The Hall–Kier alpha value is -2.04. The van der Waals surface area contributed by atoms with Gasteiger partial charge >= 0.3 is 5.97 Å². The first-order chi connectivity index (χ1) is 9.67. The molecular formula is C15H20N2O3. The Morgan fingerprint density at radius 3 is 2.80 bits per heavy atom. The number of esters is 1. The molecule has 1 aliphatic rings. The van der Waals surface area contributed by atoms with Gasteiger partial charge in [0.05, 0.1) is 18.6 Å². The number of para-hydroxylation sites is 1. The highest BCUT2D eigenvalue weighted by molar-refractivity contribution is 5.99. The van der Waals surface area contributed by atoms with Gasteiger partial charge < -0.3 is 15.0 Å². The molecule has 5 nitrogen and oxygen atoms in total. The van der Waals surface area contributed by atoms with Gasteiger partial charge in [-0.2, -0.15) is 0 Å². The molecule has 1 unspecified atom stereocenters. The smallest absolute Gasteiger partial charge is 0.310 e. The molecule has 0 bridgehead atoms. The first-order valence-electron chi connectivity index (χ1n) is 6.81. The fourth-order valence-corrected chi connectivity index (χ4v) is 2.58. The maximum Gasteiger partial charge on any atom is 0.310 e. The van der Waals surface area contributed by atoms with E-state index < -0.39 is 0 Å². The molecule has 0 aromatic heterocycles. The monoisotopic (exact) mass is 276 g/mol. The van der Waals surface area contributed by atoms with E-state index in [1.165, 1.54) is 7.11 Å². The van der Waals surface area contributed by atoms with Crippen LogP contribution in [0.2, 0.25) is 0 Å². The van der Waals surface area contributed by atoms with Crippen LogP contribution in [0.1, 0.15) is 23.2 Å². The van der Waals surface area contributed by atoms with E-state index in [2.05, 4.69) is 5.32 Å². The third kappa shape index (κ3) is 2.92. The normalized spacial score (nSPS) is 18.5. The lowest BCUT2D eigenvalue weighted by Crippen LogP contribution is -2.42. The quantitative estimate of drug-likeness (QED) is 0.855. The number of likely N-dealkylation sites (tertiary alicyclic amines) is 1. The van der Waals surface area contributed by atoms with Gasteiger partial charge in [-0.15, -0.1) is 0 Å². The molecule has 20 heavy (non-hydrogen) atoms. The Morgan fingerprint density at radius 2 is 2.10 bits per heavy atom. The molecule has 1 saturated heterocycles. The van der Waals surface area contributed by atoms with Crippen LogP contribution in [-0.4, -0.2) is 44.0 Å². The maximum atomic E-state index is 12.6. The Labute approximate surface area is 118 Å². The third-order valence-electron chi connectivity index (χ3n) is 3.67. The number of ether oxygens (including phenoxy) is 1. The summed E-state index contributed by atoms with van der Waals surface area (Å²) in [4.78, 5) is 25.9. The topological polar surface area (TPSA) is 58.6 Å². The summed E-state index contributed by atoms with van der Waals surface area (Å²) in [5.74, 6) is -0.479.